The number of amides is 2. The maximum Gasteiger partial charge on any atom is 0.317 e. The smallest absolute Gasteiger partial charge is 0.317 e. The third kappa shape index (κ3) is 4.57. The molecule has 2 aliphatic heterocycles. The minimum atomic E-state index is 0.0143. The molecular formula is C15H27N7O2. The van der Waals surface area contributed by atoms with Gasteiger partial charge in [-0.05, 0) is 19.3 Å². The van der Waals surface area contributed by atoms with E-state index in [2.05, 4.69) is 25.4 Å². The van der Waals surface area contributed by atoms with Crippen LogP contribution in [0.3, 0.4) is 0 Å². The number of nitrogen functional groups attached to an aromatic ring is 1. The molecule has 9 heteroatoms. The van der Waals surface area contributed by atoms with Gasteiger partial charge in [-0.3, -0.25) is 10.00 Å². The lowest BCUT2D eigenvalue weighted by atomic mass is 10.0. The number of hydrogen-bond acceptors (Lipinski definition) is 6. The fraction of sp³-hybridized carbons (Fsp3) is 0.800. The highest BCUT2D eigenvalue weighted by Gasteiger charge is 2.28. The number of H-pyrrole nitrogens is 1. The van der Waals surface area contributed by atoms with E-state index in [1.54, 1.807) is 0 Å². The van der Waals surface area contributed by atoms with E-state index in [0.29, 0.717) is 18.8 Å². The molecule has 0 bridgehead atoms. The fourth-order valence-corrected chi connectivity index (χ4v) is 3.35. The van der Waals surface area contributed by atoms with Crippen LogP contribution in [0, 0.1) is 0 Å². The van der Waals surface area contributed by atoms with Crippen LogP contribution in [0.25, 0.3) is 0 Å². The normalized spacial score (nSPS) is 22.5. The van der Waals surface area contributed by atoms with Crippen LogP contribution in [0.1, 0.15) is 25.1 Å². The van der Waals surface area contributed by atoms with Crippen molar-refractivity contribution in [1.82, 2.24) is 30.3 Å². The Morgan fingerprint density at radius 2 is 2.17 bits per heavy atom. The highest BCUT2D eigenvalue weighted by Crippen LogP contribution is 2.18. The number of ether oxygens (including phenoxy) is 1. The molecule has 3 rings (SSSR count). The number of anilines is 1. The van der Waals surface area contributed by atoms with E-state index >= 15 is 0 Å². The molecule has 2 aliphatic rings. The Balaban J connectivity index is 1.47. The standard InChI is InChI=1S/C15H27N7O2/c16-14-18-13(19-20-14)4-5-17-15(23)22-6-2-1-3-12(22)11-21-7-9-24-10-8-21/h12H,1-11H2,(H,17,23)(H3,16,18,19,20). The van der Waals surface area contributed by atoms with Crippen molar-refractivity contribution >= 4 is 12.0 Å². The zero-order chi connectivity index (χ0) is 16.8. The average molecular weight is 337 g/mol. The Hall–Kier alpha value is -1.87. The summed E-state index contributed by atoms with van der Waals surface area (Å²) in [5, 5.41) is 9.53. The predicted octanol–water partition coefficient (Wildman–Crippen LogP) is -0.174. The second-order valence-electron chi connectivity index (χ2n) is 6.38. The summed E-state index contributed by atoms with van der Waals surface area (Å²) in [5.74, 6) is 0.925. The van der Waals surface area contributed by atoms with Crippen LogP contribution in [0.4, 0.5) is 10.7 Å². The van der Waals surface area contributed by atoms with Gasteiger partial charge in [-0.1, -0.05) is 0 Å². The van der Waals surface area contributed by atoms with Gasteiger partial charge in [-0.25, -0.2) is 4.79 Å². The van der Waals surface area contributed by atoms with Gasteiger partial charge < -0.3 is 20.7 Å². The Morgan fingerprint density at radius 3 is 2.92 bits per heavy atom. The third-order valence-corrected chi connectivity index (χ3v) is 4.65. The number of carbonyl (C=O) groups is 1. The van der Waals surface area contributed by atoms with Gasteiger partial charge in [-0.15, -0.1) is 5.10 Å². The number of aromatic nitrogens is 3. The SMILES string of the molecule is Nc1n[nH]c(CCNC(=O)N2CCCCC2CN2CCOCC2)n1. The molecule has 0 aliphatic carbocycles. The molecule has 4 N–H and O–H groups in total. The van der Waals surface area contributed by atoms with Gasteiger partial charge in [0.15, 0.2) is 0 Å². The molecule has 0 aromatic carbocycles. The molecule has 24 heavy (non-hydrogen) atoms. The van der Waals surface area contributed by atoms with Crippen molar-refractivity contribution < 1.29 is 9.53 Å². The molecule has 1 aromatic rings. The number of nitrogens with zero attached hydrogens (tertiary/aromatic N) is 4. The first-order valence-electron chi connectivity index (χ1n) is 8.73. The summed E-state index contributed by atoms with van der Waals surface area (Å²) in [6, 6.07) is 0.304. The summed E-state index contributed by atoms with van der Waals surface area (Å²) in [6.07, 6.45) is 3.93. The van der Waals surface area contributed by atoms with Crippen LogP contribution < -0.4 is 11.1 Å². The van der Waals surface area contributed by atoms with Gasteiger partial charge in [-0.2, -0.15) is 4.98 Å². The minimum absolute atomic E-state index is 0.0143. The van der Waals surface area contributed by atoms with Crippen LogP contribution >= 0.6 is 0 Å². The Labute approximate surface area is 141 Å². The maximum absolute atomic E-state index is 12.5. The third-order valence-electron chi connectivity index (χ3n) is 4.65. The van der Waals surface area contributed by atoms with Crippen LogP contribution in [0.2, 0.25) is 0 Å². The summed E-state index contributed by atoms with van der Waals surface area (Å²) in [5.41, 5.74) is 5.47. The number of aromatic amines is 1. The van der Waals surface area contributed by atoms with Gasteiger partial charge in [0.2, 0.25) is 5.95 Å². The second-order valence-corrected chi connectivity index (χ2v) is 6.38. The summed E-state index contributed by atoms with van der Waals surface area (Å²) >= 11 is 0. The van der Waals surface area contributed by atoms with Crippen molar-refractivity contribution in [3.8, 4) is 0 Å². The molecule has 1 atom stereocenters. The highest BCUT2D eigenvalue weighted by atomic mass is 16.5. The van der Waals surface area contributed by atoms with Gasteiger partial charge in [0, 0.05) is 45.2 Å². The van der Waals surface area contributed by atoms with Crippen molar-refractivity contribution in [2.24, 2.45) is 0 Å². The maximum atomic E-state index is 12.5. The quantitative estimate of drug-likeness (QED) is 0.687. The fourth-order valence-electron chi connectivity index (χ4n) is 3.35. The van der Waals surface area contributed by atoms with Crippen molar-refractivity contribution in [3.05, 3.63) is 5.82 Å². The first-order chi connectivity index (χ1) is 11.7. The molecule has 2 fully saturated rings. The van der Waals surface area contributed by atoms with Crippen LogP contribution in [0.5, 0.6) is 0 Å². The number of piperidine rings is 1. The Bertz CT molecular complexity index is 530. The molecule has 1 unspecified atom stereocenters. The zero-order valence-corrected chi connectivity index (χ0v) is 14.0. The molecule has 134 valence electrons. The van der Waals surface area contributed by atoms with Gasteiger partial charge in [0.05, 0.1) is 13.2 Å². The molecule has 1 aromatic heterocycles. The van der Waals surface area contributed by atoms with Crippen LogP contribution in [0.15, 0.2) is 0 Å². The van der Waals surface area contributed by atoms with E-state index in [9.17, 15) is 4.79 Å². The number of rotatable bonds is 5. The summed E-state index contributed by atoms with van der Waals surface area (Å²) < 4.78 is 5.40. The van der Waals surface area contributed by atoms with Gasteiger partial charge >= 0.3 is 6.03 Å². The first kappa shape index (κ1) is 17.0. The topological polar surface area (TPSA) is 112 Å². The van der Waals surface area contributed by atoms with E-state index in [0.717, 1.165) is 52.2 Å². The van der Waals surface area contributed by atoms with E-state index in [1.165, 1.54) is 6.42 Å². The monoisotopic (exact) mass is 337 g/mol. The van der Waals surface area contributed by atoms with E-state index in [4.69, 9.17) is 10.5 Å². The van der Waals surface area contributed by atoms with E-state index < -0.39 is 0 Å². The zero-order valence-electron chi connectivity index (χ0n) is 14.0. The molecule has 2 saturated heterocycles. The molecule has 2 amide bonds. The number of likely N-dealkylation sites (tertiary alicyclic amines) is 1. The number of hydrogen-bond donors (Lipinski definition) is 3. The Kier molecular flexibility index (Phi) is 5.86. The lowest BCUT2D eigenvalue weighted by molar-refractivity contribution is 0.0221. The van der Waals surface area contributed by atoms with Crippen molar-refractivity contribution in [2.75, 3.05) is 51.7 Å². The second kappa shape index (κ2) is 8.29. The van der Waals surface area contributed by atoms with Crippen LogP contribution in [-0.4, -0.2) is 83.0 Å². The van der Waals surface area contributed by atoms with Gasteiger partial charge in [0.1, 0.15) is 5.82 Å². The lowest BCUT2D eigenvalue weighted by Crippen LogP contribution is -2.54. The Morgan fingerprint density at radius 1 is 1.33 bits per heavy atom. The van der Waals surface area contributed by atoms with Crippen molar-refractivity contribution in [2.45, 2.75) is 31.7 Å². The lowest BCUT2D eigenvalue weighted by Gasteiger charge is -2.39. The number of urea groups is 1. The number of carbonyl (C=O) groups excluding carboxylic acids is 1. The molecule has 0 saturated carbocycles. The van der Waals surface area contributed by atoms with Crippen molar-refractivity contribution in [3.63, 3.8) is 0 Å². The molecular weight excluding hydrogens is 310 g/mol. The number of nitrogens with two attached hydrogens (primary N) is 1. The van der Waals surface area contributed by atoms with Crippen LogP contribution in [-0.2, 0) is 11.2 Å². The predicted molar refractivity (Wildman–Crippen MR) is 89.5 cm³/mol. The average Bonchev–Trinajstić information content (AvgIpc) is 3.01. The molecule has 0 radical (unpaired) electrons. The summed E-state index contributed by atoms with van der Waals surface area (Å²) in [6.45, 7) is 5.79. The number of nitrogens with one attached hydrogen (secondary N) is 2. The van der Waals surface area contributed by atoms with E-state index in [1.807, 2.05) is 4.90 Å². The highest BCUT2D eigenvalue weighted by molar-refractivity contribution is 5.74. The molecule has 0 spiro atoms. The number of morpholine rings is 1. The van der Waals surface area contributed by atoms with Crippen molar-refractivity contribution in [1.29, 1.82) is 0 Å². The van der Waals surface area contributed by atoms with E-state index in [-0.39, 0.29) is 18.0 Å². The molecule has 3 heterocycles. The first-order valence-corrected chi connectivity index (χ1v) is 8.73. The minimum Gasteiger partial charge on any atom is -0.379 e. The summed E-state index contributed by atoms with van der Waals surface area (Å²) in [7, 11) is 0. The molecule has 9 nitrogen and oxygen atoms in total. The largest absolute Gasteiger partial charge is 0.379 e. The summed E-state index contributed by atoms with van der Waals surface area (Å²) in [4.78, 5) is 21.0. The van der Waals surface area contributed by atoms with Gasteiger partial charge in [0.25, 0.3) is 0 Å².